The Bertz CT molecular complexity index is 945. The number of hydrogen-bond acceptors (Lipinski definition) is 7. The molecular formula is C24H36ClN5O2S. The quantitative estimate of drug-likeness (QED) is 0.597. The van der Waals surface area contributed by atoms with Crippen molar-refractivity contribution < 1.29 is 4.74 Å². The zero-order chi connectivity index (χ0) is 23.8. The predicted octanol–water partition coefficient (Wildman–Crippen LogP) is 4.84. The number of benzene rings is 1. The van der Waals surface area contributed by atoms with Gasteiger partial charge in [0.15, 0.2) is 0 Å². The zero-order valence-corrected chi connectivity index (χ0v) is 21.7. The van der Waals surface area contributed by atoms with Gasteiger partial charge in [0.05, 0.1) is 17.9 Å². The lowest BCUT2D eigenvalue weighted by atomic mass is 10.1. The molecular weight excluding hydrogens is 458 g/mol. The predicted molar refractivity (Wildman–Crippen MR) is 139 cm³/mol. The third kappa shape index (κ3) is 7.12. The Morgan fingerprint density at radius 2 is 1.88 bits per heavy atom. The van der Waals surface area contributed by atoms with Gasteiger partial charge >= 0.3 is 0 Å². The van der Waals surface area contributed by atoms with Crippen molar-refractivity contribution in [2.24, 2.45) is 0 Å². The summed E-state index contributed by atoms with van der Waals surface area (Å²) in [5.41, 5.74) is 2.87. The average molecular weight is 494 g/mol. The smallest absolute Gasteiger partial charge is 0.287 e. The molecule has 0 unspecified atom stereocenters. The van der Waals surface area contributed by atoms with Crippen molar-refractivity contribution >= 4 is 34.9 Å². The van der Waals surface area contributed by atoms with Crippen LogP contribution in [0.25, 0.3) is 0 Å². The van der Waals surface area contributed by atoms with Crippen molar-refractivity contribution in [3.05, 3.63) is 45.3 Å². The van der Waals surface area contributed by atoms with Gasteiger partial charge in [-0.25, -0.2) is 8.99 Å². The summed E-state index contributed by atoms with van der Waals surface area (Å²) < 4.78 is 8.97. The van der Waals surface area contributed by atoms with Crippen LogP contribution in [0.5, 0.6) is 0 Å². The summed E-state index contributed by atoms with van der Waals surface area (Å²) in [5, 5.41) is 7.41. The van der Waals surface area contributed by atoms with E-state index in [4.69, 9.17) is 16.3 Å². The Morgan fingerprint density at radius 1 is 1.18 bits per heavy atom. The molecule has 0 spiro atoms. The van der Waals surface area contributed by atoms with E-state index in [0.29, 0.717) is 5.69 Å². The molecule has 0 saturated carbocycles. The molecule has 0 bridgehead atoms. The highest BCUT2D eigenvalue weighted by atomic mass is 35.5. The van der Waals surface area contributed by atoms with Gasteiger partial charge in [0.2, 0.25) is 0 Å². The van der Waals surface area contributed by atoms with Crippen molar-refractivity contribution in [1.29, 1.82) is 0 Å². The van der Waals surface area contributed by atoms with Crippen LogP contribution in [-0.4, -0.2) is 61.5 Å². The van der Waals surface area contributed by atoms with E-state index in [2.05, 4.69) is 58.8 Å². The molecule has 2 aromatic rings. The summed E-state index contributed by atoms with van der Waals surface area (Å²) in [6.45, 7) is 5.95. The standard InChI is InChI=1S/C19H26ClN5OS.C5H10O/c1-13-11-15(5-6-17(13)23(3)4)27-24-9-7-14(8-10-24)25-19(26)18(20)16(21-2)12-22-25;1-2-4-6-5-3-1/h5-6,11-12,14,21H,7-10H2,1-4H3;1-5H2. The lowest BCUT2D eigenvalue weighted by molar-refractivity contribution is 0.0968. The fraction of sp³-hybridized carbons (Fsp3) is 0.583. The van der Waals surface area contributed by atoms with Gasteiger partial charge in [-0.15, -0.1) is 0 Å². The molecule has 0 atom stereocenters. The molecule has 1 N–H and O–H groups in total. The topological polar surface area (TPSA) is 62.6 Å². The molecule has 0 aliphatic carbocycles. The van der Waals surface area contributed by atoms with Crippen molar-refractivity contribution in [3.63, 3.8) is 0 Å². The van der Waals surface area contributed by atoms with Crippen LogP contribution >= 0.6 is 23.5 Å². The maximum absolute atomic E-state index is 12.5. The van der Waals surface area contributed by atoms with E-state index in [1.54, 1.807) is 29.9 Å². The van der Waals surface area contributed by atoms with E-state index in [1.807, 2.05) is 0 Å². The van der Waals surface area contributed by atoms with Crippen LogP contribution in [0.2, 0.25) is 5.02 Å². The number of anilines is 2. The van der Waals surface area contributed by atoms with Gasteiger partial charge < -0.3 is 15.0 Å². The number of hydrogen-bond donors (Lipinski definition) is 1. The largest absolute Gasteiger partial charge is 0.385 e. The maximum atomic E-state index is 12.5. The average Bonchev–Trinajstić information content (AvgIpc) is 2.83. The third-order valence-electron chi connectivity index (χ3n) is 5.94. The monoisotopic (exact) mass is 493 g/mol. The molecule has 33 heavy (non-hydrogen) atoms. The molecule has 3 heterocycles. The number of aromatic nitrogens is 2. The van der Waals surface area contributed by atoms with Crippen LogP contribution < -0.4 is 15.8 Å². The minimum atomic E-state index is -0.218. The Balaban J connectivity index is 0.000000442. The SMILES string of the molecule is C1CCOCC1.CNc1cnn(C2CCN(Sc3ccc(N(C)C)c(C)c3)CC2)c(=O)c1Cl. The first-order valence-electron chi connectivity index (χ1n) is 11.6. The summed E-state index contributed by atoms with van der Waals surface area (Å²) in [6, 6.07) is 6.66. The minimum absolute atomic E-state index is 0.0932. The van der Waals surface area contributed by atoms with Crippen molar-refractivity contribution in [2.45, 2.75) is 50.0 Å². The van der Waals surface area contributed by atoms with Crippen LogP contribution in [0.4, 0.5) is 11.4 Å². The second-order valence-corrected chi connectivity index (χ2v) is 10.2. The first kappa shape index (κ1) is 25.9. The van der Waals surface area contributed by atoms with E-state index in [1.165, 1.54) is 35.4 Å². The number of ether oxygens (including phenoxy) is 1. The molecule has 1 aromatic carbocycles. The highest BCUT2D eigenvalue weighted by molar-refractivity contribution is 7.97. The zero-order valence-electron chi connectivity index (χ0n) is 20.1. The second kappa shape index (κ2) is 12.6. The van der Waals surface area contributed by atoms with Gasteiger partial charge in [-0.3, -0.25) is 4.79 Å². The van der Waals surface area contributed by atoms with E-state index >= 15 is 0 Å². The maximum Gasteiger partial charge on any atom is 0.287 e. The van der Waals surface area contributed by atoms with Crippen LogP contribution in [-0.2, 0) is 4.74 Å². The van der Waals surface area contributed by atoms with Crippen LogP contribution in [0.1, 0.15) is 43.7 Å². The van der Waals surface area contributed by atoms with E-state index < -0.39 is 0 Å². The minimum Gasteiger partial charge on any atom is -0.385 e. The van der Waals surface area contributed by atoms with Gasteiger partial charge in [0.25, 0.3) is 5.56 Å². The fourth-order valence-electron chi connectivity index (χ4n) is 4.08. The molecule has 2 aliphatic heterocycles. The lowest BCUT2D eigenvalue weighted by Crippen LogP contribution is -2.36. The normalized spacial score (nSPS) is 17.2. The molecule has 0 radical (unpaired) electrons. The van der Waals surface area contributed by atoms with Gasteiger partial charge in [0, 0.05) is 58.0 Å². The van der Waals surface area contributed by atoms with Crippen molar-refractivity contribution in [3.8, 4) is 0 Å². The fourth-order valence-corrected chi connectivity index (χ4v) is 5.36. The van der Waals surface area contributed by atoms with Gasteiger partial charge in [0.1, 0.15) is 5.02 Å². The highest BCUT2D eigenvalue weighted by Gasteiger charge is 2.24. The second-order valence-electron chi connectivity index (χ2n) is 8.64. The molecule has 4 rings (SSSR count). The number of nitrogens with zero attached hydrogens (tertiary/aromatic N) is 4. The summed E-state index contributed by atoms with van der Waals surface area (Å²) in [6.07, 6.45) is 7.31. The first-order valence-corrected chi connectivity index (χ1v) is 12.8. The van der Waals surface area contributed by atoms with E-state index in [-0.39, 0.29) is 16.6 Å². The Morgan fingerprint density at radius 3 is 2.39 bits per heavy atom. The summed E-state index contributed by atoms with van der Waals surface area (Å²) >= 11 is 7.93. The third-order valence-corrected chi connectivity index (χ3v) is 7.40. The van der Waals surface area contributed by atoms with Crippen LogP contribution in [0.3, 0.4) is 0 Å². The summed E-state index contributed by atoms with van der Waals surface area (Å²) in [4.78, 5) is 15.8. The van der Waals surface area contributed by atoms with Crippen molar-refractivity contribution in [2.75, 3.05) is 57.7 Å². The van der Waals surface area contributed by atoms with E-state index in [0.717, 1.165) is 39.1 Å². The Hall–Kier alpha value is -1.74. The number of halogens is 1. The molecule has 1 aromatic heterocycles. The molecule has 2 saturated heterocycles. The van der Waals surface area contributed by atoms with Crippen LogP contribution in [0, 0.1) is 6.92 Å². The summed E-state index contributed by atoms with van der Waals surface area (Å²) in [5.74, 6) is 0. The van der Waals surface area contributed by atoms with Crippen LogP contribution in [0.15, 0.2) is 34.1 Å². The van der Waals surface area contributed by atoms with E-state index in [9.17, 15) is 4.79 Å². The van der Waals surface area contributed by atoms with Crippen molar-refractivity contribution in [1.82, 2.24) is 14.1 Å². The first-order chi connectivity index (χ1) is 15.9. The number of nitrogens with one attached hydrogen (secondary N) is 1. The molecule has 7 nitrogen and oxygen atoms in total. The van der Waals surface area contributed by atoms with Gasteiger partial charge in [-0.1, -0.05) is 11.6 Å². The number of piperidine rings is 1. The Kier molecular flexibility index (Phi) is 9.92. The van der Waals surface area contributed by atoms with Gasteiger partial charge in [-0.2, -0.15) is 5.10 Å². The summed E-state index contributed by atoms with van der Waals surface area (Å²) in [7, 11) is 5.85. The number of aryl methyl sites for hydroxylation is 1. The number of rotatable bonds is 5. The molecule has 9 heteroatoms. The molecule has 0 amide bonds. The lowest BCUT2D eigenvalue weighted by Gasteiger charge is -2.31. The Labute approximate surface area is 206 Å². The van der Waals surface area contributed by atoms with Gasteiger partial charge in [-0.05, 0) is 74.7 Å². The highest BCUT2D eigenvalue weighted by Crippen LogP contribution is 2.32. The molecule has 2 aliphatic rings. The molecule has 2 fully saturated rings. The molecule has 182 valence electrons.